The number of likely N-dealkylation sites (N-methyl/N-ethyl adjacent to an activating group) is 1. The first-order valence-corrected chi connectivity index (χ1v) is 9.58. The lowest BCUT2D eigenvalue weighted by atomic mass is 10.2. The van der Waals surface area contributed by atoms with E-state index in [1.165, 1.54) is 4.90 Å². The highest BCUT2D eigenvalue weighted by Crippen LogP contribution is 2.22. The van der Waals surface area contributed by atoms with Crippen molar-refractivity contribution in [1.82, 2.24) is 9.88 Å². The zero-order valence-corrected chi connectivity index (χ0v) is 17.4. The summed E-state index contributed by atoms with van der Waals surface area (Å²) < 4.78 is 11.1. The van der Waals surface area contributed by atoms with Crippen LogP contribution in [0.2, 0.25) is 0 Å². The number of amides is 1. The Hall–Kier alpha value is -4.07. The summed E-state index contributed by atoms with van der Waals surface area (Å²) in [4.78, 5) is 23.3. The van der Waals surface area contributed by atoms with Gasteiger partial charge in [0.25, 0.3) is 5.91 Å². The molecule has 1 aromatic heterocycles. The number of pyridine rings is 1. The van der Waals surface area contributed by atoms with E-state index in [4.69, 9.17) is 20.0 Å². The van der Waals surface area contributed by atoms with Gasteiger partial charge in [-0.25, -0.2) is 4.98 Å². The van der Waals surface area contributed by atoms with Gasteiger partial charge in [-0.15, -0.1) is 0 Å². The quantitative estimate of drug-likeness (QED) is 0.324. The minimum absolute atomic E-state index is 0.0548. The molecule has 31 heavy (non-hydrogen) atoms. The molecule has 0 fully saturated rings. The molecule has 2 N–H and O–H groups in total. The first-order valence-electron chi connectivity index (χ1n) is 9.58. The highest BCUT2D eigenvalue weighted by atomic mass is 16.6. The second-order valence-corrected chi connectivity index (χ2v) is 6.58. The number of benzene rings is 2. The van der Waals surface area contributed by atoms with Gasteiger partial charge in [-0.1, -0.05) is 41.6 Å². The molecule has 2 aromatic carbocycles. The van der Waals surface area contributed by atoms with Crippen molar-refractivity contribution in [2.24, 2.45) is 10.9 Å². The van der Waals surface area contributed by atoms with Crippen LogP contribution < -0.4 is 15.2 Å². The highest BCUT2D eigenvalue weighted by molar-refractivity contribution is 5.99. The van der Waals surface area contributed by atoms with Crippen LogP contribution in [0, 0.1) is 0 Å². The minimum atomic E-state index is -0.262. The summed E-state index contributed by atoms with van der Waals surface area (Å²) in [6, 6.07) is 20.1. The number of carbonyl (C=O) groups is 1. The van der Waals surface area contributed by atoms with Gasteiger partial charge >= 0.3 is 0 Å². The fourth-order valence-corrected chi connectivity index (χ4v) is 2.76. The lowest BCUT2D eigenvalue weighted by Crippen LogP contribution is -2.29. The lowest BCUT2D eigenvalue weighted by Gasteiger charge is -2.18. The smallest absolute Gasteiger partial charge is 0.263 e. The standard InChI is InChI=1S/C23H24N4O4/c1-27(15-17-9-6-7-13-20(17)29-2)21(28)16-30-26-22(24)19-12-8-14-25-23(19)31-18-10-4-3-5-11-18/h3-14H,15-16H2,1-2H3,(H2,24,26). The number of methoxy groups -OCH3 is 1. The van der Waals surface area contributed by atoms with Crippen LogP contribution in [0.3, 0.4) is 0 Å². The molecular weight excluding hydrogens is 396 g/mol. The number of ether oxygens (including phenoxy) is 2. The molecule has 0 atom stereocenters. The molecule has 0 spiro atoms. The van der Waals surface area contributed by atoms with Gasteiger partial charge in [-0.05, 0) is 30.3 Å². The zero-order valence-electron chi connectivity index (χ0n) is 17.4. The molecule has 8 nitrogen and oxygen atoms in total. The molecule has 0 bridgehead atoms. The molecule has 0 saturated carbocycles. The van der Waals surface area contributed by atoms with E-state index in [1.54, 1.807) is 44.6 Å². The molecule has 160 valence electrons. The SMILES string of the molecule is COc1ccccc1CN(C)C(=O)CO/N=C(/N)c1cccnc1Oc1ccccc1. The Balaban J connectivity index is 1.60. The van der Waals surface area contributed by atoms with Gasteiger partial charge in [0.1, 0.15) is 11.5 Å². The predicted molar refractivity (Wildman–Crippen MR) is 117 cm³/mol. The van der Waals surface area contributed by atoms with Crippen molar-refractivity contribution in [3.8, 4) is 17.4 Å². The summed E-state index contributed by atoms with van der Waals surface area (Å²) in [6.45, 7) is 0.116. The number of amidine groups is 1. The molecule has 1 amide bonds. The molecule has 0 aliphatic carbocycles. The predicted octanol–water partition coefficient (Wildman–Crippen LogP) is 3.18. The minimum Gasteiger partial charge on any atom is -0.496 e. The first-order chi connectivity index (χ1) is 15.1. The van der Waals surface area contributed by atoms with Crippen molar-refractivity contribution in [1.29, 1.82) is 0 Å². The van der Waals surface area contributed by atoms with Crippen LogP contribution in [0.4, 0.5) is 0 Å². The molecule has 0 aliphatic heterocycles. The average molecular weight is 420 g/mol. The maximum atomic E-state index is 12.4. The number of hydrogen-bond acceptors (Lipinski definition) is 6. The second-order valence-electron chi connectivity index (χ2n) is 6.58. The van der Waals surface area contributed by atoms with Crippen molar-refractivity contribution in [2.75, 3.05) is 20.8 Å². The van der Waals surface area contributed by atoms with Gasteiger partial charge in [-0.2, -0.15) is 0 Å². The number of nitrogens with zero attached hydrogens (tertiary/aromatic N) is 3. The second kappa shape index (κ2) is 10.6. The summed E-state index contributed by atoms with van der Waals surface area (Å²) in [5.41, 5.74) is 7.39. The van der Waals surface area contributed by atoms with Gasteiger partial charge in [0.15, 0.2) is 12.4 Å². The third-order valence-electron chi connectivity index (χ3n) is 4.38. The number of carbonyl (C=O) groups excluding carboxylic acids is 1. The van der Waals surface area contributed by atoms with Crippen molar-refractivity contribution in [3.05, 3.63) is 84.1 Å². The molecule has 0 saturated heterocycles. The molecule has 1 heterocycles. The Kier molecular flexibility index (Phi) is 7.42. The van der Waals surface area contributed by atoms with Crippen molar-refractivity contribution < 1.29 is 19.1 Å². The van der Waals surface area contributed by atoms with E-state index >= 15 is 0 Å². The summed E-state index contributed by atoms with van der Waals surface area (Å²) in [5, 5.41) is 3.86. The fraction of sp³-hybridized carbons (Fsp3) is 0.174. The topological polar surface area (TPSA) is 99.3 Å². The van der Waals surface area contributed by atoms with Crippen LogP contribution in [-0.4, -0.2) is 42.4 Å². The third kappa shape index (κ3) is 5.96. The van der Waals surface area contributed by atoms with E-state index < -0.39 is 0 Å². The van der Waals surface area contributed by atoms with Crippen LogP contribution >= 0.6 is 0 Å². The number of para-hydroxylation sites is 2. The summed E-state index contributed by atoms with van der Waals surface area (Å²) in [7, 11) is 3.27. The molecule has 3 rings (SSSR count). The van der Waals surface area contributed by atoms with Crippen LogP contribution in [0.5, 0.6) is 17.4 Å². The van der Waals surface area contributed by atoms with Crippen LogP contribution in [0.25, 0.3) is 0 Å². The number of oxime groups is 1. The Labute approximate surface area is 180 Å². The summed E-state index contributed by atoms with van der Waals surface area (Å²) >= 11 is 0. The number of hydrogen-bond donors (Lipinski definition) is 1. The maximum absolute atomic E-state index is 12.4. The maximum Gasteiger partial charge on any atom is 0.263 e. The molecule has 0 aliphatic rings. The van der Waals surface area contributed by atoms with Crippen molar-refractivity contribution >= 4 is 11.7 Å². The summed E-state index contributed by atoms with van der Waals surface area (Å²) in [5.74, 6) is 1.42. The Morgan fingerprint density at radius 3 is 2.58 bits per heavy atom. The largest absolute Gasteiger partial charge is 0.496 e. The van der Waals surface area contributed by atoms with Crippen molar-refractivity contribution in [3.63, 3.8) is 0 Å². The van der Waals surface area contributed by atoms with Crippen LogP contribution in [-0.2, 0) is 16.2 Å². The molecule has 3 aromatic rings. The Morgan fingerprint density at radius 1 is 1.06 bits per heavy atom. The molecular formula is C23H24N4O4. The number of nitrogens with two attached hydrogens (primary N) is 1. The number of aromatic nitrogens is 1. The molecule has 8 heteroatoms. The monoisotopic (exact) mass is 420 g/mol. The van der Waals surface area contributed by atoms with E-state index in [9.17, 15) is 4.79 Å². The fourth-order valence-electron chi connectivity index (χ4n) is 2.76. The van der Waals surface area contributed by atoms with E-state index in [0.29, 0.717) is 23.6 Å². The van der Waals surface area contributed by atoms with Gasteiger partial charge < -0.3 is 24.9 Å². The zero-order chi connectivity index (χ0) is 22.1. The van der Waals surface area contributed by atoms with Gasteiger partial charge in [0, 0.05) is 25.4 Å². The van der Waals surface area contributed by atoms with Crippen LogP contribution in [0.15, 0.2) is 78.1 Å². The normalized spacial score (nSPS) is 11.0. The van der Waals surface area contributed by atoms with E-state index in [2.05, 4.69) is 10.1 Å². The third-order valence-corrected chi connectivity index (χ3v) is 4.38. The first kappa shape index (κ1) is 21.6. The van der Waals surface area contributed by atoms with Gasteiger partial charge in [-0.3, -0.25) is 4.79 Å². The van der Waals surface area contributed by atoms with Crippen molar-refractivity contribution in [2.45, 2.75) is 6.54 Å². The van der Waals surface area contributed by atoms with E-state index in [1.807, 2.05) is 42.5 Å². The van der Waals surface area contributed by atoms with Crippen LogP contribution in [0.1, 0.15) is 11.1 Å². The average Bonchev–Trinajstić information content (AvgIpc) is 2.80. The Morgan fingerprint density at radius 2 is 1.81 bits per heavy atom. The van der Waals surface area contributed by atoms with Gasteiger partial charge in [0.05, 0.1) is 12.7 Å². The summed E-state index contributed by atoms with van der Waals surface area (Å²) in [6.07, 6.45) is 1.59. The molecule has 0 unspecified atom stereocenters. The van der Waals surface area contributed by atoms with Gasteiger partial charge in [0.2, 0.25) is 5.88 Å². The number of rotatable bonds is 9. The van der Waals surface area contributed by atoms with E-state index in [0.717, 1.165) is 5.56 Å². The highest BCUT2D eigenvalue weighted by Gasteiger charge is 2.14. The Bertz CT molecular complexity index is 1040. The lowest BCUT2D eigenvalue weighted by molar-refractivity contribution is -0.135. The molecule has 0 radical (unpaired) electrons. The van der Waals surface area contributed by atoms with E-state index in [-0.39, 0.29) is 24.2 Å².